The van der Waals surface area contributed by atoms with Crippen molar-refractivity contribution in [2.24, 2.45) is 0 Å². The Morgan fingerprint density at radius 3 is 0.652 bits per heavy atom. The Labute approximate surface area is 228 Å². The molecule has 2 unspecified atom stereocenters. The van der Waals surface area contributed by atoms with Gasteiger partial charge in [-0.15, -0.1) is 0 Å². The van der Waals surface area contributed by atoms with Gasteiger partial charge < -0.3 is 0 Å². The number of hydrogen-bond acceptors (Lipinski definition) is 6. The molecule has 0 N–H and O–H groups in total. The number of rotatable bonds is 10. The first-order valence-electron chi connectivity index (χ1n) is 9.21. The minimum atomic E-state index is -8.43. The molecule has 274 valence electrons. The second-order valence-corrected chi connectivity index (χ2v) is 7.46. The van der Waals surface area contributed by atoms with E-state index in [-0.39, 0.29) is 0 Å². The summed E-state index contributed by atoms with van der Waals surface area (Å²) in [4.78, 5) is 26.0. The van der Waals surface area contributed by atoms with Crippen molar-refractivity contribution in [1.82, 2.24) is 0 Å². The molecule has 0 aliphatic heterocycles. The molecule has 0 aromatic rings. The van der Waals surface area contributed by atoms with E-state index in [0.717, 1.165) is 0 Å². The smallest absolute Gasteiger partial charge is 0.260 e. The van der Waals surface area contributed by atoms with Crippen molar-refractivity contribution in [3.63, 3.8) is 0 Å². The fourth-order valence-electron chi connectivity index (χ4n) is 1.82. The lowest BCUT2D eigenvalue weighted by Crippen LogP contribution is -2.66. The van der Waals surface area contributed by atoms with E-state index in [4.69, 9.17) is 0 Å². The lowest BCUT2D eigenvalue weighted by molar-refractivity contribution is -0.490. The van der Waals surface area contributed by atoms with E-state index < -0.39 is 84.3 Å². The standard InChI is InChI=1S/C14F26O6/c15-3(9(25,26)27,45-13(37,38)7(21,22)5(17,18)11(31,32)33)1(41)43-44-2(42)4(16,10(28,29)30)46-14(39,40)8(23,24)6(19,20)12(34,35)36. The second kappa shape index (κ2) is 11.3. The van der Waals surface area contributed by atoms with Gasteiger partial charge in [-0.3, -0.25) is 9.47 Å². The molecule has 0 aliphatic rings. The zero-order valence-electron chi connectivity index (χ0n) is 19.3. The first-order chi connectivity index (χ1) is 19.5. The Balaban J connectivity index is 6.67. The van der Waals surface area contributed by atoms with Gasteiger partial charge in [-0.25, -0.2) is 19.4 Å². The van der Waals surface area contributed by atoms with Gasteiger partial charge in [-0.1, -0.05) is 0 Å². The van der Waals surface area contributed by atoms with Crippen molar-refractivity contribution in [3.8, 4) is 0 Å². The van der Waals surface area contributed by atoms with Gasteiger partial charge in [0.1, 0.15) is 0 Å². The summed E-state index contributed by atoms with van der Waals surface area (Å²) in [5, 5.41) is 0. The van der Waals surface area contributed by atoms with Crippen molar-refractivity contribution in [2.45, 2.75) is 72.3 Å². The van der Waals surface area contributed by atoms with Crippen LogP contribution in [0, 0.1) is 0 Å². The third kappa shape index (κ3) is 6.85. The molecular formula is C14F26O6. The summed E-state index contributed by atoms with van der Waals surface area (Å²) in [5.74, 6) is -59.0. The predicted molar refractivity (Wildman–Crippen MR) is 75.9 cm³/mol. The normalized spacial score (nSPS) is 18.0. The number of carbonyl (C=O) groups is 2. The molecule has 0 saturated heterocycles. The van der Waals surface area contributed by atoms with Crippen molar-refractivity contribution >= 4 is 11.9 Å². The van der Waals surface area contributed by atoms with E-state index in [1.54, 1.807) is 0 Å². The van der Waals surface area contributed by atoms with Crippen LogP contribution in [0.15, 0.2) is 0 Å². The maximum absolute atomic E-state index is 13.9. The van der Waals surface area contributed by atoms with Gasteiger partial charge in [0.05, 0.1) is 0 Å². The summed E-state index contributed by atoms with van der Waals surface area (Å²) in [6, 6.07) is 0. The molecule has 46 heavy (non-hydrogen) atoms. The topological polar surface area (TPSA) is 71.1 Å². The molecule has 0 rings (SSSR count). The van der Waals surface area contributed by atoms with Gasteiger partial charge in [-0.05, 0) is 0 Å². The molecule has 0 radical (unpaired) electrons. The molecule has 0 fully saturated rings. The zero-order valence-corrected chi connectivity index (χ0v) is 19.3. The molecule has 32 heteroatoms. The molecule has 0 bridgehead atoms. The molecule has 0 spiro atoms. The van der Waals surface area contributed by atoms with Crippen LogP contribution in [0.5, 0.6) is 0 Å². The molecule has 0 aliphatic carbocycles. The van der Waals surface area contributed by atoms with E-state index in [2.05, 4.69) is 0 Å². The van der Waals surface area contributed by atoms with E-state index in [1.807, 2.05) is 9.78 Å². The lowest BCUT2D eigenvalue weighted by atomic mass is 10.1. The molecule has 0 amide bonds. The molecule has 6 nitrogen and oxygen atoms in total. The van der Waals surface area contributed by atoms with Crippen molar-refractivity contribution < 1.29 is 143 Å². The van der Waals surface area contributed by atoms with Crippen molar-refractivity contribution in [3.05, 3.63) is 0 Å². The number of ether oxygens (including phenoxy) is 2. The maximum Gasteiger partial charge on any atom is 0.460 e. The minimum absolute atomic E-state index is 1.30. The van der Waals surface area contributed by atoms with Gasteiger partial charge in [-0.2, -0.15) is 114 Å². The Morgan fingerprint density at radius 2 is 0.500 bits per heavy atom. The van der Waals surface area contributed by atoms with Gasteiger partial charge in [0.2, 0.25) is 0 Å². The van der Waals surface area contributed by atoms with E-state index in [9.17, 15) is 124 Å². The highest BCUT2D eigenvalue weighted by Gasteiger charge is 2.87. The second-order valence-electron chi connectivity index (χ2n) is 7.46. The van der Waals surface area contributed by atoms with Crippen molar-refractivity contribution in [2.75, 3.05) is 0 Å². The van der Waals surface area contributed by atoms with E-state index in [0.29, 0.717) is 0 Å². The summed E-state index contributed by atoms with van der Waals surface area (Å²) < 4.78 is 336. The fourth-order valence-corrected chi connectivity index (χ4v) is 1.82. The van der Waals surface area contributed by atoms with Crippen LogP contribution in [-0.4, -0.2) is 84.3 Å². The summed E-state index contributed by atoms with van der Waals surface area (Å²) in [6.07, 6.45) is -48.2. The first-order valence-corrected chi connectivity index (χ1v) is 9.21. The quantitative estimate of drug-likeness (QED) is 0.132. The minimum Gasteiger partial charge on any atom is -0.260 e. The van der Waals surface area contributed by atoms with Crippen LogP contribution in [0.1, 0.15) is 0 Å². The van der Waals surface area contributed by atoms with Gasteiger partial charge in [0, 0.05) is 0 Å². The van der Waals surface area contributed by atoms with Crippen LogP contribution >= 0.6 is 0 Å². The van der Waals surface area contributed by atoms with Gasteiger partial charge in [0.15, 0.2) is 0 Å². The van der Waals surface area contributed by atoms with Crippen LogP contribution in [0.2, 0.25) is 0 Å². The molecule has 0 aromatic heterocycles. The summed E-state index contributed by atoms with van der Waals surface area (Å²) >= 11 is 0. The number of carbonyl (C=O) groups excluding carboxylic acids is 2. The average Bonchev–Trinajstić information content (AvgIpc) is 2.77. The number of halogens is 26. The van der Waals surface area contributed by atoms with Crippen LogP contribution in [-0.2, 0) is 28.8 Å². The summed E-state index contributed by atoms with van der Waals surface area (Å²) in [7, 11) is 0. The Kier molecular flexibility index (Phi) is 10.6. The summed E-state index contributed by atoms with van der Waals surface area (Å²) in [5.41, 5.74) is 0. The van der Waals surface area contributed by atoms with Crippen LogP contribution < -0.4 is 0 Å². The van der Waals surface area contributed by atoms with Crippen LogP contribution in [0.4, 0.5) is 114 Å². The third-order valence-corrected chi connectivity index (χ3v) is 4.22. The molecular weight excluding hydrogens is 758 g/mol. The predicted octanol–water partition coefficient (Wildman–Crippen LogP) is 7.33. The highest BCUT2D eigenvalue weighted by molar-refractivity contribution is 5.82. The third-order valence-electron chi connectivity index (χ3n) is 4.22. The van der Waals surface area contributed by atoms with E-state index in [1.165, 1.54) is 9.47 Å². The molecule has 0 aromatic carbocycles. The number of alkyl halides is 26. The molecule has 0 heterocycles. The molecule has 0 saturated carbocycles. The van der Waals surface area contributed by atoms with Crippen LogP contribution in [0.3, 0.4) is 0 Å². The first kappa shape index (κ1) is 43.0. The van der Waals surface area contributed by atoms with Crippen LogP contribution in [0.25, 0.3) is 0 Å². The highest BCUT2D eigenvalue weighted by Crippen LogP contribution is 2.57. The Bertz CT molecular complexity index is 1040. The van der Waals surface area contributed by atoms with E-state index >= 15 is 0 Å². The van der Waals surface area contributed by atoms with Gasteiger partial charge in [0.25, 0.3) is 0 Å². The zero-order chi connectivity index (χ0) is 38.0. The van der Waals surface area contributed by atoms with Gasteiger partial charge >= 0.3 is 84.3 Å². The average molecular weight is 758 g/mol. The Hall–Kier alpha value is -2.96. The maximum atomic E-state index is 13.9. The monoisotopic (exact) mass is 758 g/mol. The number of hydrogen-bond donors (Lipinski definition) is 0. The fraction of sp³-hybridized carbons (Fsp3) is 0.857. The lowest BCUT2D eigenvalue weighted by Gasteiger charge is -2.36. The SMILES string of the molecule is O=C(OOC(=O)C(F)(OC(F)(F)C(F)(F)C(F)(F)C(F)(F)F)C(F)(F)F)C(F)(OC(F)(F)C(F)(F)C(F)(F)C(F)(F)F)C(F)(F)F. The van der Waals surface area contributed by atoms with Crippen molar-refractivity contribution in [1.29, 1.82) is 0 Å². The largest absolute Gasteiger partial charge is 0.460 e. The summed E-state index contributed by atoms with van der Waals surface area (Å²) in [6.45, 7) is 0. The highest BCUT2D eigenvalue weighted by atomic mass is 19.4. The Morgan fingerprint density at radius 1 is 0.304 bits per heavy atom. The molecule has 2 atom stereocenters.